The zero-order chi connectivity index (χ0) is 17.9. The molecule has 0 unspecified atom stereocenters. The number of fused-ring (bicyclic) bond motifs is 1. The van der Waals surface area contributed by atoms with E-state index in [1.165, 1.54) is 0 Å². The number of hydrogen-bond donors (Lipinski definition) is 3. The predicted molar refractivity (Wildman–Crippen MR) is 112 cm³/mol. The molecule has 0 amide bonds. The van der Waals surface area contributed by atoms with E-state index in [4.69, 9.17) is 17.0 Å². The molecule has 0 radical (unpaired) electrons. The van der Waals surface area contributed by atoms with Crippen LogP contribution in [0.4, 0.5) is 16.6 Å². The van der Waals surface area contributed by atoms with Gasteiger partial charge in [0, 0.05) is 5.69 Å². The minimum Gasteiger partial charge on any atom is -0.497 e. The standard InChI is InChI=1S/C19H16N4OS2/c1-24-14-9-7-12(8-10-14)11-15-16-17(22-18(25)21-15)23-19(26-16)20-13-5-3-2-4-6-13/h2-11H,1H3,(H,20,23)(H2,21,22,25)/b15-11+. The Morgan fingerprint density at radius 3 is 2.58 bits per heavy atom. The highest BCUT2D eigenvalue weighted by atomic mass is 32.1. The number of nitrogens with zero attached hydrogens (tertiary/aromatic N) is 1. The van der Waals surface area contributed by atoms with Gasteiger partial charge in [-0.1, -0.05) is 41.7 Å². The van der Waals surface area contributed by atoms with Crippen LogP contribution in [0.15, 0.2) is 54.6 Å². The highest BCUT2D eigenvalue weighted by molar-refractivity contribution is 7.80. The molecule has 0 aliphatic carbocycles. The first-order valence-corrected chi connectivity index (χ1v) is 9.21. The maximum Gasteiger partial charge on any atom is 0.189 e. The lowest BCUT2D eigenvalue weighted by Crippen LogP contribution is -2.31. The minimum absolute atomic E-state index is 0.536. The van der Waals surface area contributed by atoms with Crippen molar-refractivity contribution < 1.29 is 4.74 Å². The number of thiocarbonyl (C=S) groups is 1. The van der Waals surface area contributed by atoms with Gasteiger partial charge < -0.3 is 20.7 Å². The van der Waals surface area contributed by atoms with Crippen LogP contribution in [0.2, 0.25) is 0 Å². The van der Waals surface area contributed by atoms with Crippen LogP contribution in [0, 0.1) is 0 Å². The van der Waals surface area contributed by atoms with Crippen molar-refractivity contribution in [1.29, 1.82) is 0 Å². The molecule has 4 rings (SSSR count). The van der Waals surface area contributed by atoms with Gasteiger partial charge in [-0.2, -0.15) is 0 Å². The molecule has 7 heteroatoms. The fourth-order valence-electron chi connectivity index (χ4n) is 2.57. The predicted octanol–water partition coefficient (Wildman–Crippen LogP) is 4.69. The molecule has 1 aromatic heterocycles. The molecule has 3 aromatic rings. The van der Waals surface area contributed by atoms with Crippen molar-refractivity contribution in [2.45, 2.75) is 0 Å². The van der Waals surface area contributed by atoms with Crippen LogP contribution >= 0.6 is 23.6 Å². The van der Waals surface area contributed by atoms with Crippen molar-refractivity contribution in [3.8, 4) is 5.75 Å². The zero-order valence-corrected chi connectivity index (χ0v) is 15.6. The van der Waals surface area contributed by atoms with Crippen molar-refractivity contribution in [1.82, 2.24) is 10.3 Å². The van der Waals surface area contributed by atoms with Crippen LogP contribution in [-0.2, 0) is 0 Å². The average Bonchev–Trinajstić information content (AvgIpc) is 3.05. The van der Waals surface area contributed by atoms with Crippen molar-refractivity contribution in [3.05, 3.63) is 65.0 Å². The summed E-state index contributed by atoms with van der Waals surface area (Å²) in [6.07, 6.45) is 2.05. The quantitative estimate of drug-likeness (QED) is 0.571. The van der Waals surface area contributed by atoms with E-state index in [0.717, 1.165) is 38.5 Å². The van der Waals surface area contributed by atoms with Crippen molar-refractivity contribution in [2.24, 2.45) is 0 Å². The van der Waals surface area contributed by atoms with Crippen molar-refractivity contribution in [2.75, 3.05) is 17.7 Å². The summed E-state index contributed by atoms with van der Waals surface area (Å²) in [5, 5.41) is 11.0. The van der Waals surface area contributed by atoms with Crippen LogP contribution in [-0.4, -0.2) is 17.2 Å². The van der Waals surface area contributed by atoms with Gasteiger partial charge in [-0.3, -0.25) is 0 Å². The Balaban J connectivity index is 1.66. The molecule has 0 bridgehead atoms. The Morgan fingerprint density at radius 1 is 1.08 bits per heavy atom. The molecule has 0 saturated carbocycles. The molecule has 3 N–H and O–H groups in total. The molecule has 1 aliphatic heterocycles. The lowest BCUT2D eigenvalue weighted by atomic mass is 10.1. The third kappa shape index (κ3) is 3.54. The molecular formula is C19H16N4OS2. The van der Waals surface area contributed by atoms with Gasteiger partial charge in [-0.15, -0.1) is 0 Å². The minimum atomic E-state index is 0.536. The summed E-state index contributed by atoms with van der Waals surface area (Å²) in [6, 6.07) is 17.8. The number of hydrogen-bond acceptors (Lipinski definition) is 5. The lowest BCUT2D eigenvalue weighted by Gasteiger charge is -2.18. The maximum absolute atomic E-state index is 5.31. The van der Waals surface area contributed by atoms with Crippen LogP contribution < -0.4 is 20.7 Å². The van der Waals surface area contributed by atoms with Gasteiger partial charge in [0.05, 0.1) is 17.7 Å². The Kier molecular flexibility index (Phi) is 4.55. The van der Waals surface area contributed by atoms with Crippen molar-refractivity contribution >= 4 is 57.1 Å². The molecule has 0 atom stereocenters. The first-order chi connectivity index (χ1) is 12.7. The summed E-state index contributed by atoms with van der Waals surface area (Å²) >= 11 is 6.88. The summed E-state index contributed by atoms with van der Waals surface area (Å²) in [6.45, 7) is 0. The molecule has 5 nitrogen and oxygen atoms in total. The zero-order valence-electron chi connectivity index (χ0n) is 13.9. The largest absolute Gasteiger partial charge is 0.497 e. The van der Waals surface area contributed by atoms with E-state index in [0.29, 0.717) is 5.11 Å². The summed E-state index contributed by atoms with van der Waals surface area (Å²) in [5.41, 5.74) is 2.97. The van der Waals surface area contributed by atoms with Gasteiger partial charge in [0.2, 0.25) is 0 Å². The lowest BCUT2D eigenvalue weighted by molar-refractivity contribution is 0.415. The second-order valence-electron chi connectivity index (χ2n) is 5.60. The Morgan fingerprint density at radius 2 is 1.85 bits per heavy atom. The maximum atomic E-state index is 5.31. The van der Waals surface area contributed by atoms with E-state index in [2.05, 4.69) is 27.0 Å². The molecular weight excluding hydrogens is 364 g/mol. The summed E-state index contributed by atoms with van der Waals surface area (Å²) in [4.78, 5) is 5.63. The molecule has 0 spiro atoms. The third-order valence-corrected chi connectivity index (χ3v) is 5.01. The molecule has 1 aliphatic rings. The van der Waals surface area contributed by atoms with E-state index >= 15 is 0 Å². The number of ether oxygens (including phenoxy) is 1. The summed E-state index contributed by atoms with van der Waals surface area (Å²) < 4.78 is 5.21. The van der Waals surface area contributed by atoms with E-state index < -0.39 is 0 Å². The van der Waals surface area contributed by atoms with E-state index in [1.807, 2.05) is 54.6 Å². The van der Waals surface area contributed by atoms with Crippen LogP contribution in [0.1, 0.15) is 10.4 Å². The number of methoxy groups -OCH3 is 1. The second kappa shape index (κ2) is 7.15. The van der Waals surface area contributed by atoms with Crippen LogP contribution in [0.3, 0.4) is 0 Å². The summed E-state index contributed by atoms with van der Waals surface area (Å²) in [7, 11) is 1.66. The fourth-order valence-corrected chi connectivity index (χ4v) is 3.69. The highest BCUT2D eigenvalue weighted by Crippen LogP contribution is 2.36. The first-order valence-electron chi connectivity index (χ1n) is 7.98. The van der Waals surface area contributed by atoms with Gasteiger partial charge in [-0.05, 0) is 48.1 Å². The molecule has 2 aromatic carbocycles. The Bertz CT molecular complexity index is 965. The number of thiazole rings is 1. The van der Waals surface area contributed by atoms with Gasteiger partial charge in [0.1, 0.15) is 5.75 Å². The molecule has 130 valence electrons. The first kappa shape index (κ1) is 16.6. The SMILES string of the molecule is COc1ccc(/C=C2/NC(=S)Nc3nc(Nc4ccccc4)sc32)cc1. The topological polar surface area (TPSA) is 58.2 Å². The molecule has 0 fully saturated rings. The Labute approximate surface area is 160 Å². The van der Waals surface area contributed by atoms with Gasteiger partial charge in [0.15, 0.2) is 16.1 Å². The van der Waals surface area contributed by atoms with Gasteiger partial charge in [-0.25, -0.2) is 4.98 Å². The van der Waals surface area contributed by atoms with E-state index in [1.54, 1.807) is 18.4 Å². The number of aromatic nitrogens is 1. The highest BCUT2D eigenvalue weighted by Gasteiger charge is 2.22. The fraction of sp³-hybridized carbons (Fsp3) is 0.0526. The van der Waals surface area contributed by atoms with Crippen molar-refractivity contribution in [3.63, 3.8) is 0 Å². The summed E-state index contributed by atoms with van der Waals surface area (Å²) in [5.74, 6) is 1.59. The molecule has 2 heterocycles. The smallest absolute Gasteiger partial charge is 0.189 e. The van der Waals surface area contributed by atoms with E-state index in [-0.39, 0.29) is 0 Å². The molecule has 0 saturated heterocycles. The normalized spacial score (nSPS) is 14.3. The number of rotatable bonds is 4. The van der Waals surface area contributed by atoms with Gasteiger partial charge >= 0.3 is 0 Å². The molecule has 26 heavy (non-hydrogen) atoms. The monoisotopic (exact) mass is 380 g/mol. The average molecular weight is 380 g/mol. The number of benzene rings is 2. The Hall–Kier alpha value is -2.90. The third-order valence-electron chi connectivity index (χ3n) is 3.80. The van der Waals surface area contributed by atoms with Crippen LogP contribution in [0.25, 0.3) is 11.8 Å². The van der Waals surface area contributed by atoms with Crippen LogP contribution in [0.5, 0.6) is 5.75 Å². The number of nitrogens with one attached hydrogen (secondary N) is 3. The number of anilines is 3. The number of para-hydroxylation sites is 1. The van der Waals surface area contributed by atoms with E-state index in [9.17, 15) is 0 Å². The van der Waals surface area contributed by atoms with Gasteiger partial charge in [0.25, 0.3) is 0 Å². The second-order valence-corrected chi connectivity index (χ2v) is 7.01.